The van der Waals surface area contributed by atoms with Crippen molar-refractivity contribution in [1.29, 1.82) is 0 Å². The maximum absolute atomic E-state index is 6.82. The van der Waals surface area contributed by atoms with Crippen molar-refractivity contribution in [3.05, 3.63) is 48.0 Å². The van der Waals surface area contributed by atoms with Gasteiger partial charge in [-0.15, -0.1) is 0 Å². The first-order chi connectivity index (χ1) is 9.58. The number of benzene rings is 2. The van der Waals surface area contributed by atoms with Crippen molar-refractivity contribution in [2.75, 3.05) is 0 Å². The van der Waals surface area contributed by atoms with Crippen LogP contribution in [0.3, 0.4) is 0 Å². The molecule has 3 atom stereocenters. The van der Waals surface area contributed by atoms with Gasteiger partial charge in [0.2, 0.25) is 0 Å². The van der Waals surface area contributed by atoms with E-state index in [9.17, 15) is 0 Å². The summed E-state index contributed by atoms with van der Waals surface area (Å²) in [6.45, 7) is 4.67. The molecule has 20 heavy (non-hydrogen) atoms. The van der Waals surface area contributed by atoms with Crippen LogP contribution >= 0.6 is 0 Å². The third-order valence-electron chi connectivity index (χ3n) is 5.20. The molecule has 1 fully saturated rings. The Kier molecular flexibility index (Phi) is 3.55. The highest BCUT2D eigenvalue weighted by atomic mass is 14.8. The van der Waals surface area contributed by atoms with Gasteiger partial charge in [-0.25, -0.2) is 0 Å². The van der Waals surface area contributed by atoms with Gasteiger partial charge in [-0.05, 0) is 47.4 Å². The van der Waals surface area contributed by atoms with Crippen LogP contribution in [0.15, 0.2) is 42.5 Å². The molecule has 106 valence electrons. The lowest BCUT2D eigenvalue weighted by atomic mass is 9.67. The Hall–Kier alpha value is -1.34. The molecule has 2 aromatic carbocycles. The molecule has 0 aromatic heterocycles. The number of rotatable bonds is 2. The second-order valence-electron chi connectivity index (χ2n) is 6.84. The van der Waals surface area contributed by atoms with Gasteiger partial charge in [0.25, 0.3) is 0 Å². The van der Waals surface area contributed by atoms with Crippen LogP contribution < -0.4 is 5.73 Å². The van der Waals surface area contributed by atoms with Crippen molar-refractivity contribution < 1.29 is 0 Å². The van der Waals surface area contributed by atoms with E-state index in [0.29, 0.717) is 5.92 Å². The Morgan fingerprint density at radius 1 is 1.05 bits per heavy atom. The lowest BCUT2D eigenvalue weighted by Gasteiger charge is -2.42. The van der Waals surface area contributed by atoms with Gasteiger partial charge in [0.05, 0.1) is 0 Å². The van der Waals surface area contributed by atoms with Gasteiger partial charge in [0.15, 0.2) is 0 Å². The highest BCUT2D eigenvalue weighted by Gasteiger charge is 2.37. The first-order valence-electron chi connectivity index (χ1n) is 7.84. The molecule has 2 N–H and O–H groups in total. The van der Waals surface area contributed by atoms with Crippen LogP contribution in [-0.2, 0) is 6.42 Å². The number of hydrogen-bond donors (Lipinski definition) is 1. The van der Waals surface area contributed by atoms with Crippen molar-refractivity contribution in [2.45, 2.75) is 45.1 Å². The molecule has 3 rings (SSSR count). The van der Waals surface area contributed by atoms with Crippen LogP contribution in [0.1, 0.15) is 38.7 Å². The van der Waals surface area contributed by atoms with Crippen molar-refractivity contribution in [3.8, 4) is 0 Å². The average molecular weight is 267 g/mol. The monoisotopic (exact) mass is 267 g/mol. The van der Waals surface area contributed by atoms with Gasteiger partial charge in [0, 0.05) is 5.54 Å². The van der Waals surface area contributed by atoms with E-state index in [-0.39, 0.29) is 5.54 Å². The number of hydrogen-bond acceptors (Lipinski definition) is 1. The van der Waals surface area contributed by atoms with Crippen LogP contribution in [0.5, 0.6) is 0 Å². The van der Waals surface area contributed by atoms with Gasteiger partial charge < -0.3 is 5.73 Å². The predicted octanol–water partition coefficient (Wildman–Crippen LogP) is 4.54. The van der Waals surface area contributed by atoms with E-state index in [1.807, 2.05) is 0 Å². The summed E-state index contributed by atoms with van der Waals surface area (Å²) in [6, 6.07) is 15.3. The van der Waals surface area contributed by atoms with Gasteiger partial charge in [0.1, 0.15) is 0 Å². The minimum Gasteiger partial charge on any atom is -0.325 e. The molecule has 0 spiro atoms. The lowest BCUT2D eigenvalue weighted by Crippen LogP contribution is -2.51. The summed E-state index contributed by atoms with van der Waals surface area (Å²) >= 11 is 0. The molecule has 1 aliphatic rings. The third kappa shape index (κ3) is 2.47. The molecule has 1 aliphatic carbocycles. The van der Waals surface area contributed by atoms with Crippen LogP contribution in [0.2, 0.25) is 0 Å². The first-order valence-corrected chi connectivity index (χ1v) is 7.84. The summed E-state index contributed by atoms with van der Waals surface area (Å²) in [5.74, 6) is 1.36. The maximum atomic E-state index is 6.82. The quantitative estimate of drug-likeness (QED) is 0.849. The Labute approximate surface area is 122 Å². The first kappa shape index (κ1) is 13.6. The smallest absolute Gasteiger partial charge is 0.0223 e. The zero-order chi connectivity index (χ0) is 14.2. The van der Waals surface area contributed by atoms with Crippen LogP contribution in [0, 0.1) is 11.8 Å². The minimum atomic E-state index is -0.0399. The summed E-state index contributed by atoms with van der Waals surface area (Å²) in [6.07, 6.45) is 4.75. The predicted molar refractivity (Wildman–Crippen MR) is 86.7 cm³/mol. The third-order valence-corrected chi connectivity index (χ3v) is 5.20. The molecule has 3 unspecified atom stereocenters. The Morgan fingerprint density at radius 2 is 1.80 bits per heavy atom. The molecular weight excluding hydrogens is 242 g/mol. The average Bonchev–Trinajstić information content (AvgIpc) is 2.44. The number of fused-ring (bicyclic) bond motifs is 1. The molecule has 0 bridgehead atoms. The van der Waals surface area contributed by atoms with Crippen LogP contribution in [-0.4, -0.2) is 5.54 Å². The molecule has 0 heterocycles. The molecule has 0 saturated heterocycles. The van der Waals surface area contributed by atoms with Crippen molar-refractivity contribution in [2.24, 2.45) is 17.6 Å². The van der Waals surface area contributed by atoms with Gasteiger partial charge in [-0.2, -0.15) is 0 Å². The fourth-order valence-corrected chi connectivity index (χ4v) is 3.82. The van der Waals surface area contributed by atoms with Gasteiger partial charge in [-0.3, -0.25) is 0 Å². The van der Waals surface area contributed by atoms with Gasteiger partial charge >= 0.3 is 0 Å². The molecule has 0 aliphatic heterocycles. The van der Waals surface area contributed by atoms with E-state index < -0.39 is 0 Å². The minimum absolute atomic E-state index is 0.0399. The standard InChI is InChI=1S/C19H25N/c1-14-10-11-15(2)19(20,12-14)13-17-8-5-7-16-6-3-4-9-18(16)17/h3-9,14-15H,10-13,20H2,1-2H3. The maximum Gasteiger partial charge on any atom is 0.0223 e. The SMILES string of the molecule is CC1CCC(C)C(N)(Cc2cccc3ccccc23)C1. The molecule has 0 amide bonds. The molecule has 2 aromatic rings. The van der Waals surface area contributed by atoms with Gasteiger partial charge in [-0.1, -0.05) is 62.7 Å². The molecular formula is C19H25N. The van der Waals surface area contributed by atoms with E-state index >= 15 is 0 Å². The topological polar surface area (TPSA) is 26.0 Å². The Bertz CT molecular complexity index is 598. The molecule has 1 saturated carbocycles. The van der Waals surface area contributed by atoms with E-state index in [1.54, 1.807) is 0 Å². The number of nitrogens with two attached hydrogens (primary N) is 1. The summed E-state index contributed by atoms with van der Waals surface area (Å²) < 4.78 is 0. The molecule has 1 nitrogen and oxygen atoms in total. The highest BCUT2D eigenvalue weighted by molar-refractivity contribution is 5.85. The Balaban J connectivity index is 1.96. The van der Waals surface area contributed by atoms with Crippen molar-refractivity contribution in [3.63, 3.8) is 0 Å². The summed E-state index contributed by atoms with van der Waals surface area (Å²) in [5.41, 5.74) is 8.19. The highest BCUT2D eigenvalue weighted by Crippen LogP contribution is 2.38. The van der Waals surface area contributed by atoms with Crippen LogP contribution in [0.4, 0.5) is 0 Å². The van der Waals surface area contributed by atoms with E-state index in [2.05, 4.69) is 56.3 Å². The molecule has 0 radical (unpaired) electrons. The zero-order valence-corrected chi connectivity index (χ0v) is 12.6. The summed E-state index contributed by atoms with van der Waals surface area (Å²) in [7, 11) is 0. The van der Waals surface area contributed by atoms with Crippen LogP contribution in [0.25, 0.3) is 10.8 Å². The van der Waals surface area contributed by atoms with E-state index in [0.717, 1.165) is 18.8 Å². The summed E-state index contributed by atoms with van der Waals surface area (Å²) in [4.78, 5) is 0. The fourth-order valence-electron chi connectivity index (χ4n) is 3.82. The summed E-state index contributed by atoms with van der Waals surface area (Å²) in [5, 5.41) is 2.69. The van der Waals surface area contributed by atoms with Crippen molar-refractivity contribution >= 4 is 10.8 Å². The fraction of sp³-hybridized carbons (Fsp3) is 0.474. The second-order valence-corrected chi connectivity index (χ2v) is 6.84. The normalized spacial score (nSPS) is 30.6. The second kappa shape index (κ2) is 5.21. The zero-order valence-electron chi connectivity index (χ0n) is 12.6. The molecule has 1 heteroatoms. The lowest BCUT2D eigenvalue weighted by molar-refractivity contribution is 0.161. The van der Waals surface area contributed by atoms with E-state index in [1.165, 1.54) is 29.2 Å². The Morgan fingerprint density at radius 3 is 2.65 bits per heavy atom. The van der Waals surface area contributed by atoms with E-state index in [4.69, 9.17) is 5.73 Å². The largest absolute Gasteiger partial charge is 0.325 e. The van der Waals surface area contributed by atoms with Crippen molar-refractivity contribution in [1.82, 2.24) is 0 Å².